The maximum absolute atomic E-state index is 13.8. The minimum absolute atomic E-state index is 0.175. The molecule has 2 nitrogen and oxygen atoms in total. The van der Waals surface area contributed by atoms with E-state index in [2.05, 4.69) is 20.7 Å². The Bertz CT molecular complexity index is 645. The van der Waals surface area contributed by atoms with E-state index in [1.807, 2.05) is 0 Å². The highest BCUT2D eigenvalue weighted by Crippen LogP contribution is 2.29. The van der Waals surface area contributed by atoms with Gasteiger partial charge in [-0.15, -0.1) is 13.2 Å². The molecule has 112 valence electrons. The lowest BCUT2D eigenvalue weighted by atomic mass is 9.99. The van der Waals surface area contributed by atoms with Crippen molar-refractivity contribution in [2.75, 3.05) is 0 Å². The van der Waals surface area contributed by atoms with Gasteiger partial charge in [0.1, 0.15) is 11.6 Å². The normalized spacial score (nSPS) is 13.0. The van der Waals surface area contributed by atoms with Crippen LogP contribution in [0, 0.1) is 5.82 Å². The summed E-state index contributed by atoms with van der Waals surface area (Å²) in [6, 6.07) is 8.49. The van der Waals surface area contributed by atoms with Crippen LogP contribution in [-0.4, -0.2) is 6.36 Å². The van der Waals surface area contributed by atoms with Gasteiger partial charge in [0.25, 0.3) is 0 Å². The first-order valence-corrected chi connectivity index (χ1v) is 6.62. The van der Waals surface area contributed by atoms with Crippen LogP contribution in [0.25, 0.3) is 0 Å². The molecule has 7 heteroatoms. The number of nitrogens with two attached hydrogens (primary N) is 1. The molecule has 0 fully saturated rings. The predicted octanol–water partition coefficient (Wildman–Crippen LogP) is 4.53. The maximum atomic E-state index is 13.8. The van der Waals surface area contributed by atoms with Crippen molar-refractivity contribution < 1.29 is 22.3 Å². The number of hydrogen-bond acceptors (Lipinski definition) is 2. The second-order valence-corrected chi connectivity index (χ2v) is 5.18. The third kappa shape index (κ3) is 4.18. The van der Waals surface area contributed by atoms with Gasteiger partial charge in [0.15, 0.2) is 0 Å². The first kappa shape index (κ1) is 15.8. The highest BCUT2D eigenvalue weighted by Gasteiger charge is 2.31. The van der Waals surface area contributed by atoms with Crippen LogP contribution in [0.2, 0.25) is 0 Å². The van der Waals surface area contributed by atoms with E-state index in [0.717, 1.165) is 12.1 Å². The SMILES string of the molecule is NC(c1cccc(OC(F)(F)F)c1)c1cc(Br)ccc1F. The minimum atomic E-state index is -4.79. The predicted molar refractivity (Wildman–Crippen MR) is 73.3 cm³/mol. The van der Waals surface area contributed by atoms with E-state index in [0.29, 0.717) is 10.0 Å². The van der Waals surface area contributed by atoms with Crippen LogP contribution in [0.15, 0.2) is 46.9 Å². The lowest BCUT2D eigenvalue weighted by molar-refractivity contribution is -0.274. The van der Waals surface area contributed by atoms with Crippen LogP contribution < -0.4 is 10.5 Å². The summed E-state index contributed by atoms with van der Waals surface area (Å²) in [6.07, 6.45) is -4.79. The molecule has 0 heterocycles. The largest absolute Gasteiger partial charge is 0.573 e. The minimum Gasteiger partial charge on any atom is -0.406 e. The Morgan fingerprint density at radius 3 is 2.48 bits per heavy atom. The van der Waals surface area contributed by atoms with Crippen molar-refractivity contribution in [3.05, 3.63) is 63.9 Å². The summed E-state index contributed by atoms with van der Waals surface area (Å²) < 4.78 is 54.8. The highest BCUT2D eigenvalue weighted by atomic mass is 79.9. The average molecular weight is 364 g/mol. The van der Waals surface area contributed by atoms with E-state index in [4.69, 9.17) is 5.73 Å². The molecule has 0 aliphatic heterocycles. The third-order valence-corrected chi connectivity index (χ3v) is 3.24. The summed E-state index contributed by atoms with van der Waals surface area (Å²) in [5.74, 6) is -0.932. The number of ether oxygens (including phenoxy) is 1. The second-order valence-electron chi connectivity index (χ2n) is 4.26. The van der Waals surface area contributed by atoms with Crippen LogP contribution in [0.1, 0.15) is 17.2 Å². The van der Waals surface area contributed by atoms with Gasteiger partial charge in [-0.3, -0.25) is 0 Å². The van der Waals surface area contributed by atoms with Gasteiger partial charge >= 0.3 is 6.36 Å². The molecule has 0 aromatic heterocycles. The van der Waals surface area contributed by atoms with Crippen LogP contribution in [0.3, 0.4) is 0 Å². The number of halogens is 5. The number of alkyl halides is 3. The summed E-state index contributed by atoms with van der Waals surface area (Å²) in [5.41, 5.74) is 6.41. The van der Waals surface area contributed by atoms with Crippen LogP contribution in [-0.2, 0) is 0 Å². The summed E-state index contributed by atoms with van der Waals surface area (Å²) in [6.45, 7) is 0. The van der Waals surface area contributed by atoms with Gasteiger partial charge in [0, 0.05) is 10.0 Å². The van der Waals surface area contributed by atoms with E-state index < -0.39 is 24.0 Å². The molecule has 0 aliphatic carbocycles. The Morgan fingerprint density at radius 2 is 1.81 bits per heavy atom. The molecule has 1 atom stereocenters. The monoisotopic (exact) mass is 363 g/mol. The van der Waals surface area contributed by atoms with Crippen molar-refractivity contribution in [3.8, 4) is 5.75 Å². The van der Waals surface area contributed by atoms with Crippen molar-refractivity contribution in [1.82, 2.24) is 0 Å². The fraction of sp³-hybridized carbons (Fsp3) is 0.143. The standard InChI is InChI=1S/C14H10BrF4NO/c15-9-4-5-12(16)11(7-9)13(20)8-2-1-3-10(6-8)21-14(17,18)19/h1-7,13H,20H2. The Hall–Kier alpha value is -1.60. The van der Waals surface area contributed by atoms with Crippen LogP contribution in [0.5, 0.6) is 5.75 Å². The molecule has 0 bridgehead atoms. The molecule has 0 saturated heterocycles. The molecule has 0 spiro atoms. The first-order valence-electron chi connectivity index (χ1n) is 5.82. The Labute approximate surface area is 126 Å². The fourth-order valence-electron chi connectivity index (χ4n) is 1.84. The number of hydrogen-bond donors (Lipinski definition) is 1. The fourth-order valence-corrected chi connectivity index (χ4v) is 2.22. The molecule has 2 rings (SSSR count). The van der Waals surface area contributed by atoms with Gasteiger partial charge in [-0.05, 0) is 35.9 Å². The van der Waals surface area contributed by atoms with Crippen molar-refractivity contribution in [2.45, 2.75) is 12.4 Å². The van der Waals surface area contributed by atoms with E-state index in [1.54, 1.807) is 0 Å². The molecule has 0 amide bonds. The molecule has 0 aliphatic rings. The van der Waals surface area contributed by atoms with Gasteiger partial charge in [-0.2, -0.15) is 0 Å². The Kier molecular flexibility index (Phi) is 4.53. The van der Waals surface area contributed by atoms with E-state index >= 15 is 0 Å². The molecule has 0 saturated carbocycles. The van der Waals surface area contributed by atoms with Gasteiger partial charge in [-0.25, -0.2) is 4.39 Å². The zero-order valence-electron chi connectivity index (χ0n) is 10.5. The molecular formula is C14H10BrF4NO. The molecule has 1 unspecified atom stereocenters. The number of benzene rings is 2. The molecule has 2 aromatic carbocycles. The summed E-state index contributed by atoms with van der Waals surface area (Å²) in [5, 5.41) is 0. The number of rotatable bonds is 3. The molecule has 0 radical (unpaired) electrons. The van der Waals surface area contributed by atoms with Gasteiger partial charge in [0.05, 0.1) is 6.04 Å². The molecular weight excluding hydrogens is 354 g/mol. The lowest BCUT2D eigenvalue weighted by Gasteiger charge is -2.16. The van der Waals surface area contributed by atoms with Crippen molar-refractivity contribution in [1.29, 1.82) is 0 Å². The highest BCUT2D eigenvalue weighted by molar-refractivity contribution is 9.10. The quantitative estimate of drug-likeness (QED) is 0.812. The third-order valence-electron chi connectivity index (χ3n) is 2.74. The summed E-state index contributed by atoms with van der Waals surface area (Å²) in [7, 11) is 0. The first-order chi connectivity index (χ1) is 9.76. The van der Waals surface area contributed by atoms with E-state index in [1.165, 1.54) is 30.3 Å². The van der Waals surface area contributed by atoms with Crippen molar-refractivity contribution in [3.63, 3.8) is 0 Å². The lowest BCUT2D eigenvalue weighted by Crippen LogP contribution is -2.18. The van der Waals surface area contributed by atoms with Gasteiger partial charge < -0.3 is 10.5 Å². The van der Waals surface area contributed by atoms with Crippen LogP contribution >= 0.6 is 15.9 Å². The second kappa shape index (κ2) is 6.03. The van der Waals surface area contributed by atoms with Crippen molar-refractivity contribution in [2.24, 2.45) is 5.73 Å². The molecule has 21 heavy (non-hydrogen) atoms. The molecule has 2 N–H and O–H groups in total. The zero-order chi connectivity index (χ0) is 15.6. The van der Waals surface area contributed by atoms with Gasteiger partial charge in [-0.1, -0.05) is 28.1 Å². The average Bonchev–Trinajstić information content (AvgIpc) is 2.39. The Balaban J connectivity index is 2.33. The van der Waals surface area contributed by atoms with Crippen LogP contribution in [0.4, 0.5) is 17.6 Å². The van der Waals surface area contributed by atoms with E-state index in [-0.39, 0.29) is 5.56 Å². The smallest absolute Gasteiger partial charge is 0.406 e. The van der Waals surface area contributed by atoms with Crippen molar-refractivity contribution >= 4 is 15.9 Å². The zero-order valence-corrected chi connectivity index (χ0v) is 12.1. The van der Waals surface area contributed by atoms with E-state index in [9.17, 15) is 17.6 Å². The summed E-state index contributed by atoms with van der Waals surface area (Å²) in [4.78, 5) is 0. The summed E-state index contributed by atoms with van der Waals surface area (Å²) >= 11 is 3.20. The maximum Gasteiger partial charge on any atom is 0.573 e. The topological polar surface area (TPSA) is 35.2 Å². The Morgan fingerprint density at radius 1 is 1.10 bits per heavy atom. The van der Waals surface area contributed by atoms with Gasteiger partial charge in [0.2, 0.25) is 0 Å². The molecule has 2 aromatic rings.